The molecule has 5 N–H and O–H groups in total. The summed E-state index contributed by atoms with van der Waals surface area (Å²) < 4.78 is 95.1. The van der Waals surface area contributed by atoms with Crippen LogP contribution >= 0.6 is 19.2 Å². The number of nitrogen functional groups attached to an aromatic ring is 1. The van der Waals surface area contributed by atoms with Crippen LogP contribution in [0.3, 0.4) is 0 Å². The largest absolute Gasteiger partial charge is 0.510 e. The molecule has 22 nitrogen and oxygen atoms in total. The van der Waals surface area contributed by atoms with Crippen LogP contribution in [0.25, 0.3) is 11.2 Å². The van der Waals surface area contributed by atoms with E-state index in [1.807, 2.05) is 0 Å². The summed E-state index contributed by atoms with van der Waals surface area (Å²) in [6.07, 6.45) is -4.56. The van der Waals surface area contributed by atoms with Gasteiger partial charge < -0.3 is 48.9 Å². The van der Waals surface area contributed by atoms with Gasteiger partial charge in [-0.1, -0.05) is 17.5 Å². The van der Waals surface area contributed by atoms with Gasteiger partial charge in [-0.2, -0.15) is 13.2 Å². The molecule has 0 bridgehead atoms. The first kappa shape index (κ1) is 52.2. The first-order chi connectivity index (χ1) is 29.9. The van der Waals surface area contributed by atoms with Gasteiger partial charge in [0.05, 0.1) is 36.9 Å². The molecule has 27 heteroatoms. The van der Waals surface area contributed by atoms with Crippen molar-refractivity contribution in [2.45, 2.75) is 84.1 Å². The highest BCUT2D eigenvalue weighted by molar-refractivity contribution is 7.53. The predicted octanol–water partition coefficient (Wildman–Crippen LogP) is 6.82. The molecule has 1 saturated carbocycles. The molecule has 0 radical (unpaired) electrons. The lowest BCUT2D eigenvalue weighted by molar-refractivity contribution is -0.239. The smallest absolute Gasteiger partial charge is 0.478 e. The molecule has 64 heavy (non-hydrogen) atoms. The maximum absolute atomic E-state index is 13.6. The summed E-state index contributed by atoms with van der Waals surface area (Å²) in [5, 5.41) is 18.0. The van der Waals surface area contributed by atoms with Gasteiger partial charge >= 0.3 is 44.1 Å². The molecule has 3 aromatic rings. The molecule has 2 aromatic heterocycles. The number of amides is 1. The number of carbonyl (C=O) groups is 5. The van der Waals surface area contributed by atoms with Crippen LogP contribution in [0, 0.1) is 17.8 Å². The van der Waals surface area contributed by atoms with E-state index in [2.05, 4.69) is 36.8 Å². The van der Waals surface area contributed by atoms with E-state index < -0.39 is 88.0 Å². The fraction of sp³-hybridized carbons (Fsp3) is 0.459. The number of nitrogens with one attached hydrogen (secondary N) is 1. The van der Waals surface area contributed by atoms with Crippen LogP contribution in [-0.2, 0) is 63.8 Å². The Labute approximate surface area is 367 Å². The number of fused-ring (bicyclic) bond motifs is 2. The number of carboxylic acids is 2. The number of carbonyl (C=O) groups excluding carboxylic acids is 3. The van der Waals surface area contributed by atoms with Crippen molar-refractivity contribution in [2.24, 2.45) is 5.92 Å². The molecule has 0 unspecified atom stereocenters. The minimum absolute atomic E-state index is 0.00179. The minimum Gasteiger partial charge on any atom is -0.478 e. The Hall–Kier alpha value is -6.19. The molecule has 1 fully saturated rings. The number of hydrogen-bond donors (Lipinski definition) is 4. The molecule has 5 rings (SSSR count). The number of rotatable bonds is 15. The van der Waals surface area contributed by atoms with Crippen molar-refractivity contribution in [2.75, 3.05) is 31.0 Å². The SMILES string of the molecule is CC(C)OC(=O)OCOP(=O)(CO[C@H](C)Cn1cnc2c(N)ncnc21)OCOC(=O)OC(C)C.O=C(O)/C=C/C(=O)O.O=C1Nc2ccc(Cl)cc2[C@@](C#CC2CC2)(C(F)(F)F)O1. The van der Waals surface area contributed by atoms with Crippen molar-refractivity contribution >= 4 is 72.2 Å². The van der Waals surface area contributed by atoms with Crippen LogP contribution in [0.15, 0.2) is 43.0 Å². The fourth-order valence-corrected chi connectivity index (χ4v) is 5.91. The Kier molecular flexibility index (Phi) is 19.1. The van der Waals surface area contributed by atoms with Gasteiger partial charge in [0, 0.05) is 28.7 Å². The molecule has 1 aromatic carbocycles. The summed E-state index contributed by atoms with van der Waals surface area (Å²) in [4.78, 5) is 65.8. The van der Waals surface area contributed by atoms with E-state index in [4.69, 9.17) is 60.3 Å². The molecular weight excluding hydrogens is 908 g/mol. The van der Waals surface area contributed by atoms with Crippen LogP contribution in [-0.4, -0.2) is 104 Å². The van der Waals surface area contributed by atoms with Crippen LogP contribution in [0.5, 0.6) is 0 Å². The molecule has 2 aliphatic rings. The standard InChI is InChI=1S/C19H30N5O10P.C14H9ClF3NO2.C4H4O4/c1-12(2)33-18(25)28-9-31-35(27,32-10-29-19(26)34-13(3)4)11-30-14(5)6-24-8-23-15-16(20)21-7-22-17(15)24;15-9-3-4-11-10(7-9)13(14(16,17)18,21-12(20)19-11)6-5-8-1-2-8;5-3(6)1-2-4(7)8/h7-8,12-14H,6,9-11H2,1-5H3,(H2,20,21,22);3-4,7-8H,1-2H2,(H,19,20);1-2H,(H,5,6)(H,7,8)/b;;2-1+/t14-;13-;/m10./s1. The van der Waals surface area contributed by atoms with Gasteiger partial charge in [-0.15, -0.1) is 0 Å². The van der Waals surface area contributed by atoms with E-state index in [1.165, 1.54) is 24.8 Å². The van der Waals surface area contributed by atoms with Crippen molar-refractivity contribution in [1.82, 2.24) is 19.5 Å². The lowest BCUT2D eigenvalue weighted by Crippen LogP contribution is -2.49. The molecule has 2 atom stereocenters. The fourth-order valence-electron chi connectivity index (χ4n) is 4.65. The maximum Gasteiger partial charge on any atom is 0.510 e. The molecule has 3 heterocycles. The van der Waals surface area contributed by atoms with E-state index in [0.29, 0.717) is 23.3 Å². The summed E-state index contributed by atoms with van der Waals surface area (Å²) in [5.41, 5.74) is 3.45. The molecule has 1 aliphatic heterocycles. The number of aliphatic carboxylic acids is 2. The second-order valence-corrected chi connectivity index (χ2v) is 16.0. The van der Waals surface area contributed by atoms with E-state index >= 15 is 0 Å². The number of hydrogen-bond acceptors (Lipinski definition) is 18. The number of imidazole rings is 1. The summed E-state index contributed by atoms with van der Waals surface area (Å²) in [7, 11) is -4.06. The average molecular weight is 951 g/mol. The Morgan fingerprint density at radius 3 is 2.11 bits per heavy atom. The second kappa shape index (κ2) is 23.5. The molecule has 0 saturated heterocycles. The number of benzene rings is 1. The Morgan fingerprint density at radius 1 is 1.02 bits per heavy atom. The van der Waals surface area contributed by atoms with E-state index in [9.17, 15) is 41.7 Å². The topological polar surface area (TPSA) is 298 Å². The summed E-state index contributed by atoms with van der Waals surface area (Å²) in [6.45, 7) is 6.98. The van der Waals surface area contributed by atoms with Gasteiger partial charge in [0.25, 0.3) is 5.60 Å². The number of nitrogens with zero attached hydrogens (tertiary/aromatic N) is 4. The number of ether oxygens (including phenoxy) is 6. The van der Waals surface area contributed by atoms with Gasteiger partial charge in [0.2, 0.25) is 13.6 Å². The number of anilines is 2. The van der Waals surface area contributed by atoms with Crippen LogP contribution in [0.4, 0.5) is 39.1 Å². The molecule has 1 amide bonds. The molecular formula is C37H43ClF3N6O16P. The highest BCUT2D eigenvalue weighted by Gasteiger charge is 2.62. The number of alkyl halides is 3. The number of cyclic esters (lactones) is 1. The lowest BCUT2D eigenvalue weighted by Gasteiger charge is -2.35. The first-order valence-electron chi connectivity index (χ1n) is 18.5. The minimum atomic E-state index is -4.87. The number of carboxylic acid groups (broad SMARTS) is 2. The van der Waals surface area contributed by atoms with Crippen LogP contribution in [0.1, 0.15) is 53.0 Å². The maximum atomic E-state index is 13.6. The quantitative estimate of drug-likeness (QED) is 0.0303. The second-order valence-electron chi connectivity index (χ2n) is 13.6. The Morgan fingerprint density at radius 2 is 1.59 bits per heavy atom. The normalized spacial score (nSPS) is 16.1. The van der Waals surface area contributed by atoms with E-state index in [0.717, 1.165) is 18.9 Å². The molecule has 350 valence electrons. The van der Waals surface area contributed by atoms with Gasteiger partial charge in [-0.3, -0.25) is 18.9 Å². The zero-order valence-electron chi connectivity index (χ0n) is 34.5. The number of nitrogens with two attached hydrogens (primary N) is 1. The van der Waals surface area contributed by atoms with Gasteiger partial charge in [-0.25, -0.2) is 38.9 Å². The van der Waals surface area contributed by atoms with Crippen molar-refractivity contribution in [3.05, 3.63) is 53.6 Å². The lowest BCUT2D eigenvalue weighted by atomic mass is 9.90. The summed E-state index contributed by atoms with van der Waals surface area (Å²) in [5.74, 6) is 2.32. The third kappa shape index (κ3) is 16.8. The predicted molar refractivity (Wildman–Crippen MR) is 214 cm³/mol. The highest BCUT2D eigenvalue weighted by atomic mass is 35.5. The van der Waals surface area contributed by atoms with E-state index in [1.54, 1.807) is 39.2 Å². The molecule has 0 spiro atoms. The highest BCUT2D eigenvalue weighted by Crippen LogP contribution is 2.49. The Balaban J connectivity index is 0.000000314. The Bertz CT molecular complexity index is 2230. The van der Waals surface area contributed by atoms with Gasteiger partial charge in [-0.05, 0) is 71.6 Å². The zero-order valence-corrected chi connectivity index (χ0v) is 36.2. The summed E-state index contributed by atoms with van der Waals surface area (Å²) in [6, 6.07) is 3.81. The third-order valence-corrected chi connectivity index (χ3v) is 9.26. The number of aromatic nitrogens is 4. The van der Waals surface area contributed by atoms with Crippen LogP contribution < -0.4 is 11.1 Å². The zero-order chi connectivity index (χ0) is 47.8. The summed E-state index contributed by atoms with van der Waals surface area (Å²) >= 11 is 5.78. The average Bonchev–Trinajstić information content (AvgIpc) is 3.93. The van der Waals surface area contributed by atoms with Crippen molar-refractivity contribution in [3.8, 4) is 11.8 Å². The number of halogens is 4. The van der Waals surface area contributed by atoms with Crippen molar-refractivity contribution in [1.29, 1.82) is 0 Å². The van der Waals surface area contributed by atoms with Crippen molar-refractivity contribution in [3.63, 3.8) is 0 Å². The first-order valence-corrected chi connectivity index (χ1v) is 20.6. The van der Waals surface area contributed by atoms with Crippen LogP contribution in [0.2, 0.25) is 5.02 Å². The molecule has 1 aliphatic carbocycles. The third-order valence-electron chi connectivity index (χ3n) is 7.56. The van der Waals surface area contributed by atoms with E-state index in [-0.39, 0.29) is 34.6 Å². The van der Waals surface area contributed by atoms with Gasteiger partial charge in [0.1, 0.15) is 18.2 Å². The van der Waals surface area contributed by atoms with Crippen molar-refractivity contribution < 1.29 is 89.4 Å². The van der Waals surface area contributed by atoms with Gasteiger partial charge in [0.15, 0.2) is 11.5 Å². The monoisotopic (exact) mass is 950 g/mol.